The smallest absolute Gasteiger partial charge is 0.328 e. The molecule has 0 saturated carbocycles. The van der Waals surface area contributed by atoms with Crippen molar-refractivity contribution < 1.29 is 18.8 Å². The molecule has 1 heterocycles. The molecule has 7 nitrogen and oxygen atoms in total. The molecule has 1 aromatic carbocycles. The van der Waals surface area contributed by atoms with Gasteiger partial charge in [-0.05, 0) is 12.1 Å². The van der Waals surface area contributed by atoms with Crippen LogP contribution in [0.5, 0.6) is 11.5 Å². The maximum atomic E-state index is 12.4. The zero-order chi connectivity index (χ0) is 16.3. The summed E-state index contributed by atoms with van der Waals surface area (Å²) in [5.74, 6) is 0.855. The van der Waals surface area contributed by atoms with Crippen LogP contribution in [0, 0.1) is 0 Å². The number of carbonyl (C=O) groups is 1. The van der Waals surface area contributed by atoms with Gasteiger partial charge in [-0.3, -0.25) is 10.1 Å². The zero-order valence-electron chi connectivity index (χ0n) is 13.3. The van der Waals surface area contributed by atoms with Crippen molar-refractivity contribution >= 4 is 11.9 Å². The minimum Gasteiger partial charge on any atom is -0.496 e. The first-order valence-electron chi connectivity index (χ1n) is 6.73. The summed E-state index contributed by atoms with van der Waals surface area (Å²) >= 11 is 0. The van der Waals surface area contributed by atoms with Crippen LogP contribution in [0.4, 0.5) is 6.01 Å². The van der Waals surface area contributed by atoms with Crippen LogP contribution in [0.15, 0.2) is 22.7 Å². The Kier molecular flexibility index (Phi) is 4.35. The number of amides is 1. The molecule has 0 saturated heterocycles. The molecule has 0 unspecified atom stereocenters. The number of nitrogens with zero attached hydrogens (tertiary/aromatic N) is 2. The van der Waals surface area contributed by atoms with Crippen molar-refractivity contribution in [3.8, 4) is 11.5 Å². The number of anilines is 1. The summed E-state index contributed by atoms with van der Waals surface area (Å²) < 4.78 is 15.5. The highest BCUT2D eigenvalue weighted by Crippen LogP contribution is 2.29. The number of hydrogen-bond acceptors (Lipinski definition) is 6. The molecule has 22 heavy (non-hydrogen) atoms. The Morgan fingerprint density at radius 3 is 2.23 bits per heavy atom. The van der Waals surface area contributed by atoms with E-state index >= 15 is 0 Å². The molecular formula is C15H19N3O4. The highest BCUT2D eigenvalue weighted by atomic mass is 16.5. The Bertz CT molecular complexity index is 651. The number of rotatable bonds is 4. The Morgan fingerprint density at radius 2 is 1.77 bits per heavy atom. The van der Waals surface area contributed by atoms with Gasteiger partial charge in [-0.1, -0.05) is 32.0 Å². The third kappa shape index (κ3) is 3.19. The summed E-state index contributed by atoms with van der Waals surface area (Å²) in [6, 6.07) is 5.11. The lowest BCUT2D eigenvalue weighted by molar-refractivity contribution is 0.101. The number of hydrogen-bond donors (Lipinski definition) is 1. The molecule has 2 aromatic rings. The molecule has 1 aromatic heterocycles. The maximum absolute atomic E-state index is 12.4. The molecule has 1 amide bonds. The third-order valence-corrected chi connectivity index (χ3v) is 2.97. The van der Waals surface area contributed by atoms with Crippen LogP contribution in [0.3, 0.4) is 0 Å². The van der Waals surface area contributed by atoms with E-state index in [1.165, 1.54) is 14.2 Å². The Hall–Kier alpha value is -2.57. The van der Waals surface area contributed by atoms with E-state index in [1.54, 1.807) is 18.2 Å². The quantitative estimate of drug-likeness (QED) is 0.934. The Labute approximate surface area is 128 Å². The van der Waals surface area contributed by atoms with Crippen molar-refractivity contribution in [1.82, 2.24) is 10.1 Å². The van der Waals surface area contributed by atoms with Gasteiger partial charge >= 0.3 is 6.01 Å². The number of benzene rings is 1. The minimum absolute atomic E-state index is 0.0304. The second kappa shape index (κ2) is 6.05. The monoisotopic (exact) mass is 305 g/mol. The van der Waals surface area contributed by atoms with E-state index < -0.39 is 5.91 Å². The predicted molar refractivity (Wildman–Crippen MR) is 80.5 cm³/mol. The van der Waals surface area contributed by atoms with Gasteiger partial charge < -0.3 is 14.0 Å². The number of aromatic nitrogens is 2. The highest BCUT2D eigenvalue weighted by Gasteiger charge is 2.24. The average molecular weight is 305 g/mol. The van der Waals surface area contributed by atoms with Gasteiger partial charge in [0.25, 0.3) is 5.91 Å². The predicted octanol–water partition coefficient (Wildman–Crippen LogP) is 2.64. The zero-order valence-corrected chi connectivity index (χ0v) is 13.3. The fourth-order valence-electron chi connectivity index (χ4n) is 1.81. The lowest BCUT2D eigenvalue weighted by atomic mass is 9.96. The molecule has 0 radical (unpaired) electrons. The van der Waals surface area contributed by atoms with Gasteiger partial charge in [-0.2, -0.15) is 4.98 Å². The molecule has 0 atom stereocenters. The number of ether oxygens (including phenoxy) is 2. The molecule has 7 heteroatoms. The van der Waals surface area contributed by atoms with Crippen LogP contribution in [0.25, 0.3) is 0 Å². The SMILES string of the molecule is COc1cccc(OC)c1C(=O)Nc1nc(C(C)(C)C)no1. The van der Waals surface area contributed by atoms with E-state index in [4.69, 9.17) is 14.0 Å². The molecule has 0 aliphatic rings. The summed E-state index contributed by atoms with van der Waals surface area (Å²) in [4.78, 5) is 16.6. The van der Waals surface area contributed by atoms with Crippen molar-refractivity contribution in [2.45, 2.75) is 26.2 Å². The van der Waals surface area contributed by atoms with E-state index in [2.05, 4.69) is 15.5 Å². The molecule has 0 fully saturated rings. The summed E-state index contributed by atoms with van der Waals surface area (Å²) in [7, 11) is 2.96. The van der Waals surface area contributed by atoms with Gasteiger partial charge in [0, 0.05) is 5.41 Å². The number of methoxy groups -OCH3 is 2. The van der Waals surface area contributed by atoms with Crippen molar-refractivity contribution in [2.75, 3.05) is 19.5 Å². The van der Waals surface area contributed by atoms with Crippen LogP contribution in [0.2, 0.25) is 0 Å². The number of nitrogens with one attached hydrogen (secondary N) is 1. The Balaban J connectivity index is 2.28. The number of carbonyl (C=O) groups excluding carboxylic acids is 1. The van der Waals surface area contributed by atoms with Crippen LogP contribution < -0.4 is 14.8 Å². The third-order valence-electron chi connectivity index (χ3n) is 2.97. The molecule has 0 spiro atoms. The van der Waals surface area contributed by atoms with Crippen LogP contribution in [-0.2, 0) is 5.41 Å². The van der Waals surface area contributed by atoms with E-state index in [-0.39, 0.29) is 17.0 Å². The standard InChI is InChI=1S/C15H19N3O4/c1-15(2,3)13-17-14(22-18-13)16-12(19)11-9(20-4)7-6-8-10(11)21-5/h6-8H,1-5H3,(H,16,17,18,19). The first-order valence-corrected chi connectivity index (χ1v) is 6.73. The van der Waals surface area contributed by atoms with Crippen LogP contribution >= 0.6 is 0 Å². The summed E-state index contributed by atoms with van der Waals surface area (Å²) in [6.07, 6.45) is 0. The molecule has 118 valence electrons. The maximum Gasteiger partial charge on any atom is 0.328 e. The van der Waals surface area contributed by atoms with E-state index in [0.717, 1.165) is 0 Å². The van der Waals surface area contributed by atoms with Gasteiger partial charge in [-0.25, -0.2) is 0 Å². The lowest BCUT2D eigenvalue weighted by Crippen LogP contribution is -2.16. The van der Waals surface area contributed by atoms with Crippen molar-refractivity contribution in [3.05, 3.63) is 29.6 Å². The summed E-state index contributed by atoms with van der Waals surface area (Å²) in [6.45, 7) is 5.85. The molecule has 2 rings (SSSR count). The second-order valence-electron chi connectivity index (χ2n) is 5.66. The van der Waals surface area contributed by atoms with Crippen LogP contribution in [0.1, 0.15) is 37.0 Å². The van der Waals surface area contributed by atoms with Crippen molar-refractivity contribution in [3.63, 3.8) is 0 Å². The normalized spacial score (nSPS) is 11.1. The molecular weight excluding hydrogens is 286 g/mol. The minimum atomic E-state index is -0.446. The van der Waals surface area contributed by atoms with E-state index in [0.29, 0.717) is 17.3 Å². The fraction of sp³-hybridized carbons (Fsp3) is 0.400. The summed E-state index contributed by atoms with van der Waals surface area (Å²) in [5.41, 5.74) is -0.00257. The van der Waals surface area contributed by atoms with Gasteiger partial charge in [0.15, 0.2) is 5.82 Å². The highest BCUT2D eigenvalue weighted by molar-refractivity contribution is 6.07. The summed E-state index contributed by atoms with van der Waals surface area (Å²) in [5, 5.41) is 6.42. The molecule has 1 N–H and O–H groups in total. The molecule has 0 aliphatic heterocycles. The molecule has 0 bridgehead atoms. The van der Waals surface area contributed by atoms with Gasteiger partial charge in [0.1, 0.15) is 17.1 Å². The van der Waals surface area contributed by atoms with Gasteiger partial charge in [-0.15, -0.1) is 0 Å². The van der Waals surface area contributed by atoms with Crippen molar-refractivity contribution in [2.24, 2.45) is 0 Å². The second-order valence-corrected chi connectivity index (χ2v) is 5.66. The fourth-order valence-corrected chi connectivity index (χ4v) is 1.81. The average Bonchev–Trinajstić information content (AvgIpc) is 2.94. The van der Waals surface area contributed by atoms with E-state index in [9.17, 15) is 4.79 Å². The molecule has 0 aliphatic carbocycles. The Morgan fingerprint density at radius 1 is 1.18 bits per heavy atom. The first kappa shape index (κ1) is 15.8. The van der Waals surface area contributed by atoms with Crippen molar-refractivity contribution in [1.29, 1.82) is 0 Å². The topological polar surface area (TPSA) is 86.5 Å². The lowest BCUT2D eigenvalue weighted by Gasteiger charge is -2.12. The van der Waals surface area contributed by atoms with Gasteiger partial charge in [0.2, 0.25) is 0 Å². The first-order chi connectivity index (χ1) is 10.4. The van der Waals surface area contributed by atoms with Gasteiger partial charge in [0.05, 0.1) is 14.2 Å². The van der Waals surface area contributed by atoms with Crippen LogP contribution in [-0.4, -0.2) is 30.3 Å². The van der Waals surface area contributed by atoms with E-state index in [1.807, 2.05) is 20.8 Å². The largest absolute Gasteiger partial charge is 0.496 e.